The molecule has 0 fully saturated rings. The molecular weight excluding hydrogens is 751 g/mol. The molecule has 0 N–H and O–H groups in total. The first kappa shape index (κ1) is 43.0. The van der Waals surface area contributed by atoms with Gasteiger partial charge in [-0.2, -0.15) is 0 Å². The van der Waals surface area contributed by atoms with Crippen LogP contribution in [-0.2, 0) is 0 Å². The van der Waals surface area contributed by atoms with Crippen LogP contribution in [0.15, 0.2) is 197 Å². The molecule has 62 heavy (non-hydrogen) atoms. The van der Waals surface area contributed by atoms with E-state index in [1.807, 2.05) is 70.2 Å². The van der Waals surface area contributed by atoms with Crippen molar-refractivity contribution in [1.82, 2.24) is 4.40 Å². The van der Waals surface area contributed by atoms with E-state index in [-0.39, 0.29) is 0 Å². The van der Waals surface area contributed by atoms with Gasteiger partial charge < -0.3 is 4.40 Å². The molecule has 3 heteroatoms. The van der Waals surface area contributed by atoms with Crippen molar-refractivity contribution < 1.29 is 0 Å². The van der Waals surface area contributed by atoms with Crippen LogP contribution in [0, 0.1) is 0 Å². The molecule has 8 rings (SSSR count). The van der Waals surface area contributed by atoms with Crippen molar-refractivity contribution in [3.05, 3.63) is 209 Å². The van der Waals surface area contributed by atoms with Crippen molar-refractivity contribution >= 4 is 84.2 Å². The number of fused-ring (bicyclic) bond motifs is 7. The van der Waals surface area contributed by atoms with Crippen LogP contribution in [0.25, 0.3) is 72.7 Å². The highest BCUT2D eigenvalue weighted by molar-refractivity contribution is 6.25. The normalized spacial score (nSPS) is 14.7. The molecule has 2 heterocycles. The van der Waals surface area contributed by atoms with Gasteiger partial charge in [0.05, 0.1) is 23.1 Å². The summed E-state index contributed by atoms with van der Waals surface area (Å²) in [6.07, 6.45) is 32.2. The number of benzene rings is 5. The minimum absolute atomic E-state index is 0.593. The van der Waals surface area contributed by atoms with E-state index in [0.717, 1.165) is 23.5 Å². The van der Waals surface area contributed by atoms with Crippen molar-refractivity contribution in [1.29, 1.82) is 0 Å². The van der Waals surface area contributed by atoms with Gasteiger partial charge in [0.1, 0.15) is 0 Å². The zero-order valence-corrected chi connectivity index (χ0v) is 37.3. The SMILES string of the molecule is C=Cc1cc(/C=C\C)c2ccccc2c1/C=C\C.C\C=C/C=C\C=C\C(C)=NC(=NCC1=CCC=CC=C1C)/C(C)=C(/C)c1cccc2c1c1cccc3c4ccccc4n2c31. The lowest BCUT2D eigenvalue weighted by molar-refractivity contribution is 1.11. The van der Waals surface area contributed by atoms with Crippen LogP contribution in [0.2, 0.25) is 0 Å². The predicted octanol–water partition coefficient (Wildman–Crippen LogP) is 16.6. The molecular formula is C59H57N3. The van der Waals surface area contributed by atoms with Gasteiger partial charge in [-0.05, 0) is 134 Å². The Kier molecular flexibility index (Phi) is 13.9. The van der Waals surface area contributed by atoms with E-state index in [2.05, 4.69) is 171 Å². The number of hydrogen-bond donors (Lipinski definition) is 0. The van der Waals surface area contributed by atoms with Gasteiger partial charge in [-0.25, -0.2) is 4.99 Å². The van der Waals surface area contributed by atoms with Crippen LogP contribution >= 0.6 is 0 Å². The summed E-state index contributed by atoms with van der Waals surface area (Å²) < 4.78 is 2.44. The molecule has 0 aliphatic heterocycles. The zero-order chi connectivity index (χ0) is 43.6. The third-order valence-corrected chi connectivity index (χ3v) is 11.6. The maximum Gasteiger partial charge on any atom is 0.151 e. The average Bonchev–Trinajstić information content (AvgIpc) is 3.74. The third-order valence-electron chi connectivity index (χ3n) is 11.6. The number of amidine groups is 1. The quantitative estimate of drug-likeness (QED) is 0.0748. The van der Waals surface area contributed by atoms with E-state index in [1.165, 1.54) is 87.8 Å². The maximum absolute atomic E-state index is 5.15. The molecule has 0 bridgehead atoms. The van der Waals surface area contributed by atoms with E-state index < -0.39 is 0 Å². The van der Waals surface area contributed by atoms with Gasteiger partial charge in [0.2, 0.25) is 0 Å². The largest absolute Gasteiger partial charge is 0.308 e. The lowest BCUT2D eigenvalue weighted by atomic mass is 9.94. The molecule has 0 atom stereocenters. The van der Waals surface area contributed by atoms with E-state index >= 15 is 0 Å². The Balaban J connectivity index is 0.000000268. The Morgan fingerprint density at radius 3 is 2.18 bits per heavy atom. The number of hydrogen-bond acceptors (Lipinski definition) is 1. The fourth-order valence-corrected chi connectivity index (χ4v) is 8.44. The first-order chi connectivity index (χ1) is 30.3. The molecule has 0 unspecified atom stereocenters. The molecule has 2 aromatic heterocycles. The summed E-state index contributed by atoms with van der Waals surface area (Å²) in [5, 5.41) is 7.72. The summed E-state index contributed by atoms with van der Waals surface area (Å²) in [5.74, 6) is 0.770. The smallest absolute Gasteiger partial charge is 0.151 e. The predicted molar refractivity (Wildman–Crippen MR) is 277 cm³/mol. The molecule has 0 radical (unpaired) electrons. The van der Waals surface area contributed by atoms with E-state index in [4.69, 9.17) is 9.98 Å². The number of aromatic nitrogens is 1. The van der Waals surface area contributed by atoms with Crippen LogP contribution in [0.5, 0.6) is 0 Å². The Morgan fingerprint density at radius 1 is 0.710 bits per heavy atom. The minimum Gasteiger partial charge on any atom is -0.308 e. The Labute approximate surface area is 368 Å². The summed E-state index contributed by atoms with van der Waals surface area (Å²) in [5.41, 5.74) is 14.3. The van der Waals surface area contributed by atoms with Gasteiger partial charge in [-0.15, -0.1) is 0 Å². The van der Waals surface area contributed by atoms with Crippen molar-refractivity contribution in [2.24, 2.45) is 9.98 Å². The maximum atomic E-state index is 5.15. The van der Waals surface area contributed by atoms with Crippen molar-refractivity contribution in [3.63, 3.8) is 0 Å². The number of aliphatic imine (C=N–C) groups is 2. The monoisotopic (exact) mass is 807 g/mol. The first-order valence-corrected chi connectivity index (χ1v) is 21.7. The molecule has 0 amide bonds. The van der Waals surface area contributed by atoms with E-state index in [9.17, 15) is 0 Å². The van der Waals surface area contributed by atoms with Crippen LogP contribution in [0.1, 0.15) is 77.1 Å². The van der Waals surface area contributed by atoms with Gasteiger partial charge in [0.15, 0.2) is 5.84 Å². The average molecular weight is 808 g/mol. The highest BCUT2D eigenvalue weighted by Gasteiger charge is 2.20. The Hall–Kier alpha value is -7.10. The fourth-order valence-electron chi connectivity index (χ4n) is 8.44. The molecule has 1 aliphatic rings. The second kappa shape index (κ2) is 20.0. The van der Waals surface area contributed by atoms with Crippen LogP contribution in [0.4, 0.5) is 0 Å². The van der Waals surface area contributed by atoms with Gasteiger partial charge in [-0.3, -0.25) is 4.99 Å². The van der Waals surface area contributed by atoms with E-state index in [1.54, 1.807) is 0 Å². The number of para-hydroxylation sites is 2. The molecule has 3 nitrogen and oxygen atoms in total. The number of rotatable bonds is 10. The molecule has 0 saturated heterocycles. The lowest BCUT2D eigenvalue weighted by Gasteiger charge is -2.12. The number of allylic oxidation sites excluding steroid dienone is 13. The third kappa shape index (κ3) is 8.85. The second-order valence-corrected chi connectivity index (χ2v) is 15.6. The second-order valence-electron chi connectivity index (χ2n) is 15.6. The fraction of sp³-hybridized carbons (Fsp3) is 0.153. The van der Waals surface area contributed by atoms with Crippen LogP contribution in [0.3, 0.4) is 0 Å². The van der Waals surface area contributed by atoms with E-state index in [0.29, 0.717) is 6.54 Å². The Morgan fingerprint density at radius 2 is 1.40 bits per heavy atom. The summed E-state index contributed by atoms with van der Waals surface area (Å²) in [7, 11) is 0. The van der Waals surface area contributed by atoms with Gasteiger partial charge >= 0.3 is 0 Å². The van der Waals surface area contributed by atoms with Crippen LogP contribution < -0.4 is 0 Å². The topological polar surface area (TPSA) is 29.1 Å². The zero-order valence-electron chi connectivity index (χ0n) is 37.3. The van der Waals surface area contributed by atoms with Crippen LogP contribution in [-0.4, -0.2) is 22.5 Å². The first-order valence-electron chi connectivity index (χ1n) is 21.7. The summed E-state index contributed by atoms with van der Waals surface area (Å²) >= 11 is 0. The molecule has 0 spiro atoms. The summed E-state index contributed by atoms with van der Waals surface area (Å²) in [6.45, 7) is 19.2. The van der Waals surface area contributed by atoms with Crippen molar-refractivity contribution in [2.75, 3.05) is 6.54 Å². The van der Waals surface area contributed by atoms with Gasteiger partial charge in [0.25, 0.3) is 0 Å². The van der Waals surface area contributed by atoms with Gasteiger partial charge in [-0.1, -0.05) is 164 Å². The standard InChI is InChI=1S/C41H39N3.C18H18/c1-6-7-8-9-12-19-29(3)43-41(42-27-32-20-13-10-11-18-28(32)2)31(5)30(4)33-22-17-26-38-39(33)36-24-16-23-35-34-21-14-15-25-37(34)44(38)40(35)36;1-4-9-15-13-14(6-3)16(10-5-2)18-12-8-7-11-17(15)18/h6-12,14-26H,13,27H2,1-5H3;4-13H,3H2,1-2H3/b7-6-,9-8-,19-12+,31-30-,42-41?,43-29?;9-4-,10-5-. The van der Waals surface area contributed by atoms with Gasteiger partial charge in [0, 0.05) is 27.3 Å². The van der Waals surface area contributed by atoms with Crippen molar-refractivity contribution in [3.8, 4) is 0 Å². The Bertz CT molecular complexity index is 3140. The summed E-state index contributed by atoms with van der Waals surface area (Å²) in [6, 6.07) is 32.8. The molecule has 308 valence electrons. The number of nitrogens with zero attached hydrogens (tertiary/aromatic N) is 3. The molecule has 5 aromatic carbocycles. The minimum atomic E-state index is 0.593. The highest BCUT2D eigenvalue weighted by atomic mass is 14.9. The lowest BCUT2D eigenvalue weighted by Crippen LogP contribution is -2.05. The molecule has 0 saturated carbocycles. The molecule has 7 aromatic rings. The highest BCUT2D eigenvalue weighted by Crippen LogP contribution is 2.42. The van der Waals surface area contributed by atoms with Crippen molar-refractivity contribution in [2.45, 2.75) is 54.9 Å². The molecule has 1 aliphatic carbocycles. The summed E-state index contributed by atoms with van der Waals surface area (Å²) in [4.78, 5) is 10.2.